The molecule has 4 nitrogen and oxygen atoms in total. The van der Waals surface area contributed by atoms with E-state index in [4.69, 9.17) is 0 Å². The summed E-state index contributed by atoms with van der Waals surface area (Å²) in [5, 5.41) is 8.14. The summed E-state index contributed by atoms with van der Waals surface area (Å²) in [5.74, 6) is 0. The predicted octanol–water partition coefficient (Wildman–Crippen LogP) is 2.67. The molecule has 2 aromatic rings. The van der Waals surface area contributed by atoms with E-state index in [1.807, 2.05) is 23.9 Å². The van der Waals surface area contributed by atoms with Gasteiger partial charge in [-0.2, -0.15) is 5.10 Å². The van der Waals surface area contributed by atoms with Gasteiger partial charge in [0.1, 0.15) is 5.69 Å². The second kappa shape index (κ2) is 4.82. The lowest BCUT2D eigenvalue weighted by Crippen LogP contribution is -2.16. The molecule has 2 aromatic heterocycles. The van der Waals surface area contributed by atoms with Gasteiger partial charge in [0.05, 0.1) is 16.2 Å². The number of hydrogen-bond donors (Lipinski definition) is 1. The molecule has 1 fully saturated rings. The first-order chi connectivity index (χ1) is 8.77. The van der Waals surface area contributed by atoms with Crippen LogP contribution in [0.4, 0.5) is 0 Å². The van der Waals surface area contributed by atoms with E-state index in [0.29, 0.717) is 6.04 Å². The Labute approximate surface area is 115 Å². The Morgan fingerprint density at radius 3 is 2.83 bits per heavy atom. The molecule has 0 saturated carbocycles. The quantitative estimate of drug-likeness (QED) is 0.927. The summed E-state index contributed by atoms with van der Waals surface area (Å²) in [7, 11) is 2.00. The molecule has 1 aliphatic heterocycles. The standard InChI is InChI=1S/C13H15BrN4/c1-18-13(10-3-2-6-16-10)11(14)12(17-18)9-4-7-15-8-5-9/h4-5,7-8,10,16H,2-3,6H2,1H3. The number of halogens is 1. The number of nitrogens with zero attached hydrogens (tertiary/aromatic N) is 3. The Balaban J connectivity index is 2.05. The van der Waals surface area contributed by atoms with Crippen molar-refractivity contribution in [2.75, 3.05) is 6.54 Å². The van der Waals surface area contributed by atoms with Crippen LogP contribution in [0.3, 0.4) is 0 Å². The summed E-state index contributed by atoms with van der Waals surface area (Å²) >= 11 is 3.71. The molecule has 0 aromatic carbocycles. The van der Waals surface area contributed by atoms with Crippen LogP contribution in [0.5, 0.6) is 0 Å². The topological polar surface area (TPSA) is 42.7 Å². The zero-order valence-corrected chi connectivity index (χ0v) is 11.8. The molecule has 1 unspecified atom stereocenters. The van der Waals surface area contributed by atoms with Crippen molar-refractivity contribution in [3.63, 3.8) is 0 Å². The summed E-state index contributed by atoms with van der Waals surface area (Å²) in [6.07, 6.45) is 5.99. The van der Waals surface area contributed by atoms with Crippen molar-refractivity contribution in [3.8, 4) is 11.3 Å². The summed E-state index contributed by atoms with van der Waals surface area (Å²) in [4.78, 5) is 4.05. The predicted molar refractivity (Wildman–Crippen MR) is 74.1 cm³/mol. The smallest absolute Gasteiger partial charge is 0.107 e. The molecule has 0 bridgehead atoms. The van der Waals surface area contributed by atoms with Gasteiger partial charge in [-0.1, -0.05) is 0 Å². The van der Waals surface area contributed by atoms with Crippen molar-refractivity contribution in [2.45, 2.75) is 18.9 Å². The Morgan fingerprint density at radius 2 is 2.17 bits per heavy atom. The van der Waals surface area contributed by atoms with Gasteiger partial charge in [-0.05, 0) is 47.4 Å². The summed E-state index contributed by atoms with van der Waals surface area (Å²) in [6, 6.07) is 4.38. The maximum absolute atomic E-state index is 4.63. The first kappa shape index (κ1) is 11.9. The average Bonchev–Trinajstić information content (AvgIpc) is 2.99. The number of rotatable bonds is 2. The summed E-state index contributed by atoms with van der Waals surface area (Å²) < 4.78 is 3.07. The molecule has 1 N–H and O–H groups in total. The monoisotopic (exact) mass is 306 g/mol. The van der Waals surface area contributed by atoms with Gasteiger partial charge in [-0.3, -0.25) is 9.67 Å². The first-order valence-electron chi connectivity index (χ1n) is 6.13. The molecule has 0 radical (unpaired) electrons. The molecular formula is C13H15BrN4. The van der Waals surface area contributed by atoms with Gasteiger partial charge in [0.2, 0.25) is 0 Å². The van der Waals surface area contributed by atoms with Crippen LogP contribution in [-0.2, 0) is 7.05 Å². The lowest BCUT2D eigenvalue weighted by atomic mass is 10.1. The number of aromatic nitrogens is 3. The van der Waals surface area contributed by atoms with Crippen LogP contribution in [0.1, 0.15) is 24.6 Å². The van der Waals surface area contributed by atoms with Gasteiger partial charge in [-0.15, -0.1) is 0 Å². The first-order valence-corrected chi connectivity index (χ1v) is 6.93. The number of pyridine rings is 1. The van der Waals surface area contributed by atoms with Crippen molar-refractivity contribution in [2.24, 2.45) is 7.05 Å². The van der Waals surface area contributed by atoms with Gasteiger partial charge >= 0.3 is 0 Å². The van der Waals surface area contributed by atoms with Crippen LogP contribution in [0.25, 0.3) is 11.3 Å². The third-order valence-electron chi connectivity index (χ3n) is 3.38. The third-order valence-corrected chi connectivity index (χ3v) is 4.16. The van der Waals surface area contributed by atoms with Gasteiger partial charge in [-0.25, -0.2) is 0 Å². The molecule has 0 aliphatic carbocycles. The number of hydrogen-bond acceptors (Lipinski definition) is 3. The van der Waals surface area contributed by atoms with E-state index in [-0.39, 0.29) is 0 Å². The molecule has 0 amide bonds. The number of nitrogens with one attached hydrogen (secondary N) is 1. The number of aryl methyl sites for hydroxylation is 1. The highest BCUT2D eigenvalue weighted by Gasteiger charge is 2.25. The summed E-state index contributed by atoms with van der Waals surface area (Å²) in [6.45, 7) is 1.09. The molecule has 94 valence electrons. The van der Waals surface area contributed by atoms with E-state index in [1.54, 1.807) is 12.4 Å². The zero-order chi connectivity index (χ0) is 12.5. The van der Waals surface area contributed by atoms with Gasteiger partial charge in [0, 0.05) is 25.0 Å². The molecule has 5 heteroatoms. The fourth-order valence-corrected chi connectivity index (χ4v) is 3.34. The van der Waals surface area contributed by atoms with E-state index in [2.05, 4.69) is 31.3 Å². The van der Waals surface area contributed by atoms with Crippen LogP contribution in [-0.4, -0.2) is 21.3 Å². The van der Waals surface area contributed by atoms with E-state index < -0.39 is 0 Å². The maximum atomic E-state index is 4.63. The second-order valence-electron chi connectivity index (χ2n) is 4.56. The van der Waals surface area contributed by atoms with Crippen molar-refractivity contribution in [3.05, 3.63) is 34.7 Å². The van der Waals surface area contributed by atoms with Crippen LogP contribution in [0.15, 0.2) is 29.0 Å². The molecule has 3 rings (SSSR count). The Hall–Kier alpha value is -1.20. The molecule has 3 heterocycles. The van der Waals surface area contributed by atoms with Crippen LogP contribution in [0.2, 0.25) is 0 Å². The van der Waals surface area contributed by atoms with Crippen molar-refractivity contribution in [1.29, 1.82) is 0 Å². The van der Waals surface area contributed by atoms with E-state index >= 15 is 0 Å². The lowest BCUT2D eigenvalue weighted by Gasteiger charge is -2.11. The summed E-state index contributed by atoms with van der Waals surface area (Å²) in [5.41, 5.74) is 3.32. The van der Waals surface area contributed by atoms with E-state index in [0.717, 1.165) is 22.3 Å². The largest absolute Gasteiger partial charge is 0.309 e. The minimum Gasteiger partial charge on any atom is -0.309 e. The SMILES string of the molecule is Cn1nc(-c2ccncc2)c(Br)c1C1CCCN1. The molecule has 1 saturated heterocycles. The fraction of sp³-hybridized carbons (Fsp3) is 0.385. The molecular weight excluding hydrogens is 292 g/mol. The normalized spacial score (nSPS) is 19.3. The van der Waals surface area contributed by atoms with E-state index in [9.17, 15) is 0 Å². The molecule has 1 atom stereocenters. The van der Waals surface area contributed by atoms with E-state index in [1.165, 1.54) is 18.5 Å². The highest BCUT2D eigenvalue weighted by atomic mass is 79.9. The van der Waals surface area contributed by atoms with Crippen LogP contribution >= 0.6 is 15.9 Å². The fourth-order valence-electron chi connectivity index (χ4n) is 2.50. The molecule has 0 spiro atoms. The van der Waals surface area contributed by atoms with Gasteiger partial charge in [0.15, 0.2) is 0 Å². The average molecular weight is 307 g/mol. The highest BCUT2D eigenvalue weighted by molar-refractivity contribution is 9.10. The van der Waals surface area contributed by atoms with Crippen LogP contribution in [0, 0.1) is 0 Å². The van der Waals surface area contributed by atoms with Crippen LogP contribution < -0.4 is 5.32 Å². The lowest BCUT2D eigenvalue weighted by molar-refractivity contribution is 0.572. The highest BCUT2D eigenvalue weighted by Crippen LogP contribution is 2.35. The third kappa shape index (κ3) is 1.97. The van der Waals surface area contributed by atoms with Crippen molar-refractivity contribution < 1.29 is 0 Å². The molecule has 18 heavy (non-hydrogen) atoms. The van der Waals surface area contributed by atoms with Crippen molar-refractivity contribution >= 4 is 15.9 Å². The van der Waals surface area contributed by atoms with Gasteiger partial charge < -0.3 is 5.32 Å². The molecule has 1 aliphatic rings. The zero-order valence-electron chi connectivity index (χ0n) is 10.2. The maximum Gasteiger partial charge on any atom is 0.107 e. The minimum absolute atomic E-state index is 0.410. The Bertz CT molecular complexity index is 544. The van der Waals surface area contributed by atoms with Crippen molar-refractivity contribution in [1.82, 2.24) is 20.1 Å². The Kier molecular flexibility index (Phi) is 3.18. The Morgan fingerprint density at radius 1 is 1.39 bits per heavy atom. The second-order valence-corrected chi connectivity index (χ2v) is 5.35. The van der Waals surface area contributed by atoms with Gasteiger partial charge in [0.25, 0.3) is 0 Å². The minimum atomic E-state index is 0.410.